The molecule has 7 heteroatoms. The van der Waals surface area contributed by atoms with E-state index in [2.05, 4.69) is 4.72 Å². The van der Waals surface area contributed by atoms with Crippen molar-refractivity contribution in [2.45, 2.75) is 24.8 Å². The molecule has 0 atom stereocenters. The Balaban J connectivity index is 2.84. The van der Waals surface area contributed by atoms with Crippen molar-refractivity contribution in [1.82, 2.24) is 4.72 Å². The van der Waals surface area contributed by atoms with Crippen molar-refractivity contribution in [3.63, 3.8) is 0 Å². The van der Waals surface area contributed by atoms with Crippen LogP contribution >= 0.6 is 11.8 Å². The van der Waals surface area contributed by atoms with Gasteiger partial charge >= 0.3 is 0 Å². The van der Waals surface area contributed by atoms with E-state index in [0.717, 1.165) is 12.2 Å². The summed E-state index contributed by atoms with van der Waals surface area (Å²) in [6.07, 6.45) is 2.76. The third-order valence-corrected chi connectivity index (χ3v) is 4.79. The van der Waals surface area contributed by atoms with Gasteiger partial charge in [-0.15, -0.1) is 0 Å². The number of benzene rings is 1. The highest BCUT2D eigenvalue weighted by atomic mass is 32.2. The molecule has 114 valence electrons. The number of hydrogen-bond donors (Lipinski definition) is 2. The Hall–Kier alpha value is -0.760. The summed E-state index contributed by atoms with van der Waals surface area (Å²) in [4.78, 5) is 0.147. The normalized spacial score (nSPS) is 11.6. The number of aliphatic hydroxyl groups is 1. The van der Waals surface area contributed by atoms with Crippen LogP contribution in [0.25, 0.3) is 0 Å². The molecular weight excluding hydrogens is 298 g/mol. The molecule has 0 aliphatic heterocycles. The fraction of sp³-hybridized carbons (Fsp3) is 0.538. The Morgan fingerprint density at radius 2 is 2.15 bits per heavy atom. The van der Waals surface area contributed by atoms with E-state index in [4.69, 9.17) is 4.74 Å². The van der Waals surface area contributed by atoms with E-state index in [1.165, 1.54) is 12.1 Å². The highest BCUT2D eigenvalue weighted by molar-refractivity contribution is 7.98. The van der Waals surface area contributed by atoms with Crippen molar-refractivity contribution in [2.24, 2.45) is 0 Å². The maximum Gasteiger partial charge on any atom is 0.240 e. The molecule has 0 amide bonds. The predicted molar refractivity (Wildman–Crippen MR) is 81.7 cm³/mol. The number of aliphatic hydroxyl groups excluding tert-OH is 1. The van der Waals surface area contributed by atoms with Crippen molar-refractivity contribution in [1.29, 1.82) is 0 Å². The highest BCUT2D eigenvalue weighted by Crippen LogP contribution is 2.22. The third-order valence-electron chi connectivity index (χ3n) is 2.63. The Morgan fingerprint density at radius 1 is 1.40 bits per heavy atom. The number of nitrogens with one attached hydrogen (secondary N) is 1. The number of hydrogen-bond acceptors (Lipinski definition) is 5. The third kappa shape index (κ3) is 4.97. The van der Waals surface area contributed by atoms with Gasteiger partial charge in [0.15, 0.2) is 0 Å². The van der Waals surface area contributed by atoms with Crippen LogP contribution in [0, 0.1) is 0 Å². The number of thioether (sulfide) groups is 1. The van der Waals surface area contributed by atoms with Crippen LogP contribution in [0.2, 0.25) is 0 Å². The van der Waals surface area contributed by atoms with Gasteiger partial charge in [-0.25, -0.2) is 13.1 Å². The molecule has 5 nitrogen and oxygen atoms in total. The quantitative estimate of drug-likeness (QED) is 0.676. The topological polar surface area (TPSA) is 75.6 Å². The predicted octanol–water partition coefficient (Wildman–Crippen LogP) is 1.61. The summed E-state index contributed by atoms with van der Waals surface area (Å²) in [5.41, 5.74) is 0.471. The van der Waals surface area contributed by atoms with Crippen molar-refractivity contribution in [3.8, 4) is 5.75 Å². The van der Waals surface area contributed by atoms with Crippen LogP contribution in [0.1, 0.15) is 18.9 Å². The molecule has 0 saturated heterocycles. The van der Waals surface area contributed by atoms with E-state index >= 15 is 0 Å². The molecule has 0 aromatic heterocycles. The summed E-state index contributed by atoms with van der Waals surface area (Å²) >= 11 is 1.68. The van der Waals surface area contributed by atoms with Crippen LogP contribution < -0.4 is 9.46 Å². The molecule has 1 aromatic rings. The maximum absolute atomic E-state index is 12.1. The molecule has 0 fully saturated rings. The van der Waals surface area contributed by atoms with Gasteiger partial charge in [0.1, 0.15) is 5.75 Å². The maximum atomic E-state index is 12.1. The van der Waals surface area contributed by atoms with Gasteiger partial charge in [-0.05, 0) is 43.6 Å². The first-order valence-corrected chi connectivity index (χ1v) is 9.28. The van der Waals surface area contributed by atoms with Crippen LogP contribution in [-0.4, -0.2) is 38.7 Å². The standard InChI is InChI=1S/C13H21NO4S2/c1-3-18-13-6-5-12(9-11(13)10-15)20(16,17)14-7-4-8-19-2/h5-6,9,14-15H,3-4,7-8,10H2,1-2H3. The summed E-state index contributed by atoms with van der Waals surface area (Å²) < 4.78 is 32.1. The first-order valence-electron chi connectivity index (χ1n) is 6.40. The second-order valence-corrected chi connectivity index (χ2v) is 6.86. The molecule has 0 heterocycles. The molecule has 20 heavy (non-hydrogen) atoms. The lowest BCUT2D eigenvalue weighted by atomic mass is 10.2. The fourth-order valence-electron chi connectivity index (χ4n) is 1.65. The average molecular weight is 319 g/mol. The number of rotatable bonds is 9. The zero-order valence-electron chi connectivity index (χ0n) is 11.8. The van der Waals surface area contributed by atoms with Crippen LogP contribution in [0.5, 0.6) is 5.75 Å². The molecule has 0 unspecified atom stereocenters. The summed E-state index contributed by atoms with van der Waals surface area (Å²) in [5, 5.41) is 9.28. The molecule has 0 aliphatic carbocycles. The lowest BCUT2D eigenvalue weighted by Crippen LogP contribution is -2.25. The van der Waals surface area contributed by atoms with E-state index in [0.29, 0.717) is 24.5 Å². The molecule has 0 radical (unpaired) electrons. The molecule has 0 aliphatic rings. The first kappa shape index (κ1) is 17.3. The fourth-order valence-corrected chi connectivity index (χ4v) is 3.21. The van der Waals surface area contributed by atoms with Crippen LogP contribution in [0.15, 0.2) is 23.1 Å². The largest absolute Gasteiger partial charge is 0.494 e. The Morgan fingerprint density at radius 3 is 2.75 bits per heavy atom. The highest BCUT2D eigenvalue weighted by Gasteiger charge is 2.15. The smallest absolute Gasteiger partial charge is 0.240 e. The monoisotopic (exact) mass is 319 g/mol. The number of sulfonamides is 1. The Labute approximate surface area is 124 Å². The van der Waals surface area contributed by atoms with Gasteiger partial charge in [0, 0.05) is 12.1 Å². The molecule has 0 bridgehead atoms. The minimum Gasteiger partial charge on any atom is -0.494 e. The van der Waals surface area contributed by atoms with Gasteiger partial charge in [-0.2, -0.15) is 11.8 Å². The van der Waals surface area contributed by atoms with Crippen LogP contribution in [0.3, 0.4) is 0 Å². The molecule has 0 saturated carbocycles. The van der Waals surface area contributed by atoms with E-state index in [9.17, 15) is 13.5 Å². The molecule has 1 aromatic carbocycles. The average Bonchev–Trinajstić information content (AvgIpc) is 2.44. The second-order valence-electron chi connectivity index (χ2n) is 4.10. The van der Waals surface area contributed by atoms with Gasteiger partial charge < -0.3 is 9.84 Å². The van der Waals surface area contributed by atoms with E-state index in [-0.39, 0.29) is 11.5 Å². The molecular formula is C13H21NO4S2. The van der Waals surface area contributed by atoms with Crippen molar-refractivity contribution < 1.29 is 18.3 Å². The zero-order chi connectivity index (χ0) is 15.0. The minimum absolute atomic E-state index is 0.147. The number of ether oxygens (including phenoxy) is 1. The first-order chi connectivity index (χ1) is 9.55. The van der Waals surface area contributed by atoms with Gasteiger partial charge in [0.05, 0.1) is 18.1 Å². The lowest BCUT2D eigenvalue weighted by Gasteiger charge is -2.11. The van der Waals surface area contributed by atoms with E-state index in [1.807, 2.05) is 13.2 Å². The Kier molecular flexibility index (Phi) is 7.36. The van der Waals surface area contributed by atoms with Gasteiger partial charge in [-0.1, -0.05) is 0 Å². The second kappa shape index (κ2) is 8.51. The molecule has 2 N–H and O–H groups in total. The molecule has 1 rings (SSSR count). The summed E-state index contributed by atoms with van der Waals surface area (Å²) in [7, 11) is -3.53. The minimum atomic E-state index is -3.53. The zero-order valence-corrected chi connectivity index (χ0v) is 13.4. The van der Waals surface area contributed by atoms with Gasteiger partial charge in [-0.3, -0.25) is 0 Å². The van der Waals surface area contributed by atoms with Crippen molar-refractivity contribution >= 4 is 21.8 Å². The van der Waals surface area contributed by atoms with E-state index in [1.54, 1.807) is 17.8 Å². The summed E-state index contributed by atoms with van der Waals surface area (Å²) in [6.45, 7) is 2.45. The lowest BCUT2D eigenvalue weighted by molar-refractivity contribution is 0.266. The summed E-state index contributed by atoms with van der Waals surface area (Å²) in [5.74, 6) is 1.42. The summed E-state index contributed by atoms with van der Waals surface area (Å²) in [6, 6.07) is 4.51. The van der Waals surface area contributed by atoms with Crippen molar-refractivity contribution in [2.75, 3.05) is 25.2 Å². The molecule has 0 spiro atoms. The van der Waals surface area contributed by atoms with Crippen LogP contribution in [0.4, 0.5) is 0 Å². The van der Waals surface area contributed by atoms with Crippen LogP contribution in [-0.2, 0) is 16.6 Å². The van der Waals surface area contributed by atoms with Gasteiger partial charge in [0.25, 0.3) is 0 Å². The SMILES string of the molecule is CCOc1ccc(S(=O)(=O)NCCCSC)cc1CO. The Bertz CT molecular complexity index is 517. The van der Waals surface area contributed by atoms with Gasteiger partial charge in [0.2, 0.25) is 10.0 Å². The van der Waals surface area contributed by atoms with E-state index < -0.39 is 10.0 Å². The van der Waals surface area contributed by atoms with Crippen molar-refractivity contribution in [3.05, 3.63) is 23.8 Å².